The minimum atomic E-state index is -1.13. The molecule has 2 atom stereocenters. The van der Waals surface area contributed by atoms with E-state index < -0.39 is 10.8 Å². The fourth-order valence-corrected chi connectivity index (χ4v) is 2.24. The van der Waals surface area contributed by atoms with Gasteiger partial charge in [0.2, 0.25) is 5.91 Å². The van der Waals surface area contributed by atoms with E-state index in [1.807, 2.05) is 13.8 Å². The SMILES string of the molecule is CCC(C)S(=O)CC(=O)Nc1ccccc1N. The van der Waals surface area contributed by atoms with Gasteiger partial charge in [-0.1, -0.05) is 26.0 Å². The molecule has 0 radical (unpaired) electrons. The van der Waals surface area contributed by atoms with Crippen LogP contribution in [0.5, 0.6) is 0 Å². The summed E-state index contributed by atoms with van der Waals surface area (Å²) in [4.78, 5) is 11.6. The molecule has 0 saturated heterocycles. The molecule has 2 unspecified atom stereocenters. The molecule has 5 heteroatoms. The number of anilines is 2. The molecule has 94 valence electrons. The molecule has 1 amide bonds. The second kappa shape index (κ2) is 6.39. The Hall–Kier alpha value is -1.36. The highest BCUT2D eigenvalue weighted by atomic mass is 32.2. The summed E-state index contributed by atoms with van der Waals surface area (Å²) in [5.74, 6) is -0.245. The monoisotopic (exact) mass is 254 g/mol. The van der Waals surface area contributed by atoms with Gasteiger partial charge >= 0.3 is 0 Å². The molecule has 0 aliphatic heterocycles. The molecule has 0 bridgehead atoms. The van der Waals surface area contributed by atoms with Gasteiger partial charge in [0.05, 0.1) is 11.4 Å². The summed E-state index contributed by atoms with van der Waals surface area (Å²) in [6.07, 6.45) is 0.799. The molecule has 0 heterocycles. The van der Waals surface area contributed by atoms with Crippen LogP contribution in [0.25, 0.3) is 0 Å². The average molecular weight is 254 g/mol. The van der Waals surface area contributed by atoms with Crippen LogP contribution < -0.4 is 11.1 Å². The second-order valence-electron chi connectivity index (χ2n) is 3.88. The Labute approximate surface area is 104 Å². The van der Waals surface area contributed by atoms with Gasteiger partial charge < -0.3 is 11.1 Å². The molecular formula is C12H18N2O2S. The first-order valence-corrected chi connectivity index (χ1v) is 6.94. The Balaban J connectivity index is 2.56. The minimum absolute atomic E-state index is 0.0172. The van der Waals surface area contributed by atoms with Crippen molar-refractivity contribution in [2.24, 2.45) is 0 Å². The average Bonchev–Trinajstić information content (AvgIpc) is 2.31. The molecule has 0 aromatic heterocycles. The quantitative estimate of drug-likeness (QED) is 0.786. The summed E-state index contributed by atoms with van der Waals surface area (Å²) in [6, 6.07) is 7.01. The lowest BCUT2D eigenvalue weighted by Crippen LogP contribution is -2.24. The Morgan fingerprint density at radius 3 is 2.71 bits per heavy atom. The van der Waals surface area contributed by atoms with Gasteiger partial charge in [0.25, 0.3) is 0 Å². The van der Waals surface area contributed by atoms with E-state index in [2.05, 4.69) is 5.32 Å². The van der Waals surface area contributed by atoms with Gasteiger partial charge in [0, 0.05) is 16.0 Å². The molecule has 0 fully saturated rings. The first-order chi connectivity index (χ1) is 8.04. The number of amides is 1. The maximum absolute atomic E-state index is 11.7. The van der Waals surface area contributed by atoms with Gasteiger partial charge in [0.15, 0.2) is 0 Å². The van der Waals surface area contributed by atoms with Crippen molar-refractivity contribution in [3.8, 4) is 0 Å². The number of hydrogen-bond acceptors (Lipinski definition) is 3. The second-order valence-corrected chi connectivity index (χ2v) is 5.73. The van der Waals surface area contributed by atoms with Crippen LogP contribution in [0, 0.1) is 0 Å². The smallest absolute Gasteiger partial charge is 0.237 e. The molecule has 4 nitrogen and oxygen atoms in total. The highest BCUT2D eigenvalue weighted by Crippen LogP contribution is 2.16. The van der Waals surface area contributed by atoms with E-state index in [9.17, 15) is 9.00 Å². The molecule has 1 aromatic rings. The van der Waals surface area contributed by atoms with Crippen LogP contribution in [0.4, 0.5) is 11.4 Å². The molecule has 1 rings (SSSR count). The summed E-state index contributed by atoms with van der Waals surface area (Å²) in [6.45, 7) is 3.83. The van der Waals surface area contributed by atoms with Crippen molar-refractivity contribution in [1.29, 1.82) is 0 Å². The number of hydrogen-bond donors (Lipinski definition) is 2. The van der Waals surface area contributed by atoms with E-state index >= 15 is 0 Å². The highest BCUT2D eigenvalue weighted by molar-refractivity contribution is 7.86. The van der Waals surface area contributed by atoms with E-state index in [1.165, 1.54) is 0 Å². The lowest BCUT2D eigenvalue weighted by Gasteiger charge is -2.10. The van der Waals surface area contributed by atoms with E-state index in [0.29, 0.717) is 11.4 Å². The topological polar surface area (TPSA) is 72.2 Å². The van der Waals surface area contributed by atoms with Crippen molar-refractivity contribution in [1.82, 2.24) is 0 Å². The molecule has 0 spiro atoms. The zero-order valence-corrected chi connectivity index (χ0v) is 10.9. The van der Waals surface area contributed by atoms with Crippen LogP contribution in [0.1, 0.15) is 20.3 Å². The lowest BCUT2D eigenvalue weighted by molar-refractivity contribution is -0.113. The number of para-hydroxylation sites is 2. The first kappa shape index (κ1) is 13.7. The fourth-order valence-electron chi connectivity index (χ4n) is 1.25. The van der Waals surface area contributed by atoms with Gasteiger partial charge in [-0.15, -0.1) is 0 Å². The maximum Gasteiger partial charge on any atom is 0.237 e. The van der Waals surface area contributed by atoms with Crippen LogP contribution in [0.2, 0.25) is 0 Å². The lowest BCUT2D eigenvalue weighted by atomic mass is 10.3. The molecule has 0 aliphatic carbocycles. The van der Waals surface area contributed by atoms with Crippen LogP contribution >= 0.6 is 0 Å². The van der Waals surface area contributed by atoms with Gasteiger partial charge in [-0.3, -0.25) is 9.00 Å². The van der Waals surface area contributed by atoms with Gasteiger partial charge in [-0.25, -0.2) is 0 Å². The molecular weight excluding hydrogens is 236 g/mol. The fraction of sp³-hybridized carbons (Fsp3) is 0.417. The summed E-state index contributed by atoms with van der Waals surface area (Å²) < 4.78 is 11.7. The first-order valence-electron chi connectivity index (χ1n) is 5.56. The van der Waals surface area contributed by atoms with Crippen molar-refractivity contribution in [3.05, 3.63) is 24.3 Å². The summed E-state index contributed by atoms with van der Waals surface area (Å²) in [5.41, 5.74) is 6.77. The molecule has 3 N–H and O–H groups in total. The summed E-state index contributed by atoms with van der Waals surface area (Å²) in [5, 5.41) is 2.70. The molecule has 0 aliphatic rings. The predicted molar refractivity (Wildman–Crippen MR) is 72.2 cm³/mol. The van der Waals surface area contributed by atoms with E-state index in [1.54, 1.807) is 24.3 Å². The van der Waals surface area contributed by atoms with Crippen LogP contribution in [-0.4, -0.2) is 21.1 Å². The minimum Gasteiger partial charge on any atom is -0.397 e. The predicted octanol–water partition coefficient (Wildman–Crippen LogP) is 1.75. The van der Waals surface area contributed by atoms with Gasteiger partial charge in [0.1, 0.15) is 5.75 Å². The highest BCUT2D eigenvalue weighted by Gasteiger charge is 2.14. The molecule has 0 saturated carbocycles. The standard InChI is InChI=1S/C12H18N2O2S/c1-3-9(2)17(16)8-12(15)14-11-7-5-4-6-10(11)13/h4-7,9H,3,8,13H2,1-2H3,(H,14,15). The normalized spacial score (nSPS) is 14.0. The van der Waals surface area contributed by atoms with Gasteiger partial charge in [-0.2, -0.15) is 0 Å². The van der Waals surface area contributed by atoms with Crippen molar-refractivity contribution in [3.63, 3.8) is 0 Å². The number of nitrogen functional groups attached to an aromatic ring is 1. The van der Waals surface area contributed by atoms with Crippen LogP contribution in [0.3, 0.4) is 0 Å². The number of benzene rings is 1. The Morgan fingerprint density at radius 2 is 2.12 bits per heavy atom. The van der Waals surface area contributed by atoms with Crippen LogP contribution in [0.15, 0.2) is 24.3 Å². The zero-order chi connectivity index (χ0) is 12.8. The van der Waals surface area contributed by atoms with E-state index in [-0.39, 0.29) is 16.9 Å². The molecule has 1 aromatic carbocycles. The summed E-state index contributed by atoms with van der Waals surface area (Å²) in [7, 11) is -1.13. The zero-order valence-electron chi connectivity index (χ0n) is 10.1. The Kier molecular flexibility index (Phi) is 5.15. The Morgan fingerprint density at radius 1 is 1.47 bits per heavy atom. The van der Waals surface area contributed by atoms with E-state index in [4.69, 9.17) is 5.73 Å². The van der Waals surface area contributed by atoms with Crippen LogP contribution in [-0.2, 0) is 15.6 Å². The summed E-state index contributed by atoms with van der Waals surface area (Å²) >= 11 is 0. The number of nitrogens with one attached hydrogen (secondary N) is 1. The number of carbonyl (C=O) groups excluding carboxylic acids is 1. The number of nitrogens with two attached hydrogens (primary N) is 1. The van der Waals surface area contributed by atoms with E-state index in [0.717, 1.165) is 6.42 Å². The third kappa shape index (κ3) is 4.19. The van der Waals surface area contributed by atoms with Gasteiger partial charge in [-0.05, 0) is 18.6 Å². The third-order valence-corrected chi connectivity index (χ3v) is 4.31. The van der Waals surface area contributed by atoms with Crippen molar-refractivity contribution in [2.75, 3.05) is 16.8 Å². The third-order valence-electron chi connectivity index (χ3n) is 2.53. The van der Waals surface area contributed by atoms with Crippen molar-refractivity contribution >= 4 is 28.1 Å². The molecule has 17 heavy (non-hydrogen) atoms. The number of carbonyl (C=O) groups is 1. The maximum atomic E-state index is 11.7. The largest absolute Gasteiger partial charge is 0.397 e. The van der Waals surface area contributed by atoms with Crippen molar-refractivity contribution in [2.45, 2.75) is 25.5 Å². The number of rotatable bonds is 5. The Bertz CT molecular complexity index is 421. The van der Waals surface area contributed by atoms with Crippen molar-refractivity contribution < 1.29 is 9.00 Å².